The van der Waals surface area contributed by atoms with Crippen molar-refractivity contribution >= 4 is 15.8 Å². The van der Waals surface area contributed by atoms with E-state index in [4.69, 9.17) is 0 Å². The number of nitrogens with zero attached hydrogens (tertiary/aromatic N) is 4. The molecule has 0 N–H and O–H groups in total. The van der Waals surface area contributed by atoms with Gasteiger partial charge in [-0.15, -0.1) is 5.10 Å². The van der Waals surface area contributed by atoms with E-state index < -0.39 is 39.2 Å². The fraction of sp³-hybridized carbons (Fsp3) is 0.842. The number of piperidine rings is 1. The van der Waals surface area contributed by atoms with Gasteiger partial charge < -0.3 is 0 Å². The zero-order chi connectivity index (χ0) is 23.0. The number of aromatic nitrogens is 3. The number of rotatable bonds is 4. The third-order valence-corrected chi connectivity index (χ3v) is 10.00. The van der Waals surface area contributed by atoms with Gasteiger partial charge in [0.25, 0.3) is 0 Å². The molecule has 0 aromatic carbocycles. The fourth-order valence-electron chi connectivity index (χ4n) is 5.82. The molecule has 3 fully saturated rings. The van der Waals surface area contributed by atoms with Gasteiger partial charge in [0.2, 0.25) is 15.8 Å². The summed E-state index contributed by atoms with van der Waals surface area (Å²) in [5.74, 6) is -1.27. The van der Waals surface area contributed by atoms with Crippen molar-refractivity contribution in [2.45, 2.75) is 58.2 Å². The van der Waals surface area contributed by atoms with Crippen LogP contribution in [0.2, 0.25) is 0 Å². The Bertz CT molecular complexity index is 1070. The zero-order valence-corrected chi connectivity index (χ0v) is 18.6. The summed E-state index contributed by atoms with van der Waals surface area (Å²) in [6.45, 7) is 4.10. The van der Waals surface area contributed by atoms with Gasteiger partial charge >= 0.3 is 11.9 Å². The number of ketones is 1. The lowest BCUT2D eigenvalue weighted by Gasteiger charge is -2.39. The number of carbonyl (C=O) groups excluding carboxylic acids is 1. The van der Waals surface area contributed by atoms with Crippen LogP contribution in [0.4, 0.5) is 13.2 Å². The van der Waals surface area contributed by atoms with Gasteiger partial charge in [-0.1, -0.05) is 13.8 Å². The molecule has 1 aliphatic heterocycles. The first kappa shape index (κ1) is 22.5. The van der Waals surface area contributed by atoms with Crippen LogP contribution in [-0.2, 0) is 28.0 Å². The zero-order valence-electron chi connectivity index (χ0n) is 17.8. The molecule has 1 aromatic heterocycles. The number of Topliss-reactive ketones (excluding diaryl/α,β-unsaturated/α-hetero) is 1. The molecule has 0 radical (unpaired) electrons. The van der Waals surface area contributed by atoms with Crippen molar-refractivity contribution in [3.8, 4) is 0 Å². The summed E-state index contributed by atoms with van der Waals surface area (Å²) in [6.07, 6.45) is -2.54. The lowest BCUT2D eigenvalue weighted by atomic mass is 9.70. The minimum atomic E-state index is -4.75. The number of sulfonamides is 1. The van der Waals surface area contributed by atoms with E-state index in [0.29, 0.717) is 17.4 Å². The highest BCUT2D eigenvalue weighted by atomic mass is 32.2. The molecule has 2 atom stereocenters. The molecule has 0 amide bonds. The Balaban J connectivity index is 1.49. The van der Waals surface area contributed by atoms with Gasteiger partial charge in [-0.3, -0.25) is 9.36 Å². The number of carbonyl (C=O) groups is 1. The standard InChI is InChI=1S/C19H27F3N4O4S/c1-17(2)12-4-7-18(17,14(27)10-12)11-31(29,30)25-8-5-13(6-9-25)26-16(28)24(3)15(23-26)19(20,21)22/h12-13H,4-11H2,1-3H3. The fourth-order valence-corrected chi connectivity index (χ4v) is 8.07. The highest BCUT2D eigenvalue weighted by molar-refractivity contribution is 7.89. The van der Waals surface area contributed by atoms with Crippen LogP contribution in [0.3, 0.4) is 0 Å². The average molecular weight is 465 g/mol. The monoisotopic (exact) mass is 464 g/mol. The van der Waals surface area contributed by atoms with Gasteiger partial charge in [0.15, 0.2) is 0 Å². The number of fused-ring (bicyclic) bond motifs is 2. The molecule has 4 rings (SSSR count). The minimum absolute atomic E-state index is 0.0203. The number of alkyl halides is 3. The van der Waals surface area contributed by atoms with Crippen molar-refractivity contribution in [3.63, 3.8) is 0 Å². The summed E-state index contributed by atoms with van der Waals surface area (Å²) in [5.41, 5.74) is -2.11. The topological polar surface area (TPSA) is 94.3 Å². The molecular weight excluding hydrogens is 437 g/mol. The summed E-state index contributed by atoms with van der Waals surface area (Å²) in [7, 11) is -2.72. The smallest absolute Gasteiger partial charge is 0.299 e. The maximum absolute atomic E-state index is 13.2. The molecule has 1 aromatic rings. The summed E-state index contributed by atoms with van der Waals surface area (Å²) < 4.78 is 68.1. The van der Waals surface area contributed by atoms with Crippen molar-refractivity contribution in [1.82, 2.24) is 18.7 Å². The highest BCUT2D eigenvalue weighted by Crippen LogP contribution is 2.64. The molecule has 2 saturated carbocycles. The average Bonchev–Trinajstić information content (AvgIpc) is 3.16. The third-order valence-electron chi connectivity index (χ3n) is 7.99. The largest absolute Gasteiger partial charge is 0.451 e. The molecule has 174 valence electrons. The van der Waals surface area contributed by atoms with E-state index in [1.54, 1.807) is 0 Å². The van der Waals surface area contributed by atoms with Crippen molar-refractivity contribution in [1.29, 1.82) is 0 Å². The second-order valence-electron chi connectivity index (χ2n) is 9.66. The molecule has 8 nitrogen and oxygen atoms in total. The summed E-state index contributed by atoms with van der Waals surface area (Å²) in [4.78, 5) is 24.9. The Kier molecular flexibility index (Phi) is 5.01. The molecule has 12 heteroatoms. The van der Waals surface area contributed by atoms with E-state index in [1.165, 1.54) is 4.31 Å². The van der Waals surface area contributed by atoms with Crippen molar-refractivity contribution < 1.29 is 26.4 Å². The predicted molar refractivity (Wildman–Crippen MR) is 105 cm³/mol. The molecule has 31 heavy (non-hydrogen) atoms. The highest BCUT2D eigenvalue weighted by Gasteiger charge is 2.65. The van der Waals surface area contributed by atoms with Gasteiger partial charge in [0.1, 0.15) is 5.78 Å². The van der Waals surface area contributed by atoms with Gasteiger partial charge in [0.05, 0.1) is 11.8 Å². The van der Waals surface area contributed by atoms with Crippen LogP contribution in [0, 0.1) is 16.7 Å². The molecular formula is C19H27F3N4O4S. The van der Waals surface area contributed by atoms with Crippen LogP contribution in [0.5, 0.6) is 0 Å². The van der Waals surface area contributed by atoms with E-state index in [2.05, 4.69) is 5.10 Å². The van der Waals surface area contributed by atoms with Crippen LogP contribution < -0.4 is 5.69 Å². The van der Waals surface area contributed by atoms with Gasteiger partial charge in [-0.2, -0.15) is 13.2 Å². The second kappa shape index (κ2) is 6.90. The maximum Gasteiger partial charge on any atom is 0.451 e. The third kappa shape index (κ3) is 3.28. The molecule has 2 unspecified atom stereocenters. The summed E-state index contributed by atoms with van der Waals surface area (Å²) in [6, 6.07) is -0.611. The van der Waals surface area contributed by atoms with E-state index in [9.17, 15) is 31.2 Å². The molecule has 2 aliphatic carbocycles. The van der Waals surface area contributed by atoms with Crippen LogP contribution in [0.15, 0.2) is 4.79 Å². The molecule has 0 spiro atoms. The first-order chi connectivity index (χ1) is 14.2. The first-order valence-corrected chi connectivity index (χ1v) is 12.1. The van der Waals surface area contributed by atoms with Crippen molar-refractivity contribution in [2.75, 3.05) is 18.8 Å². The van der Waals surface area contributed by atoms with E-state index in [-0.39, 0.29) is 48.8 Å². The van der Waals surface area contributed by atoms with E-state index >= 15 is 0 Å². The summed E-state index contributed by atoms with van der Waals surface area (Å²) >= 11 is 0. The van der Waals surface area contributed by atoms with E-state index in [1.807, 2.05) is 13.8 Å². The van der Waals surface area contributed by atoms with Crippen molar-refractivity contribution in [3.05, 3.63) is 16.3 Å². The van der Waals surface area contributed by atoms with Crippen LogP contribution in [0.25, 0.3) is 0 Å². The van der Waals surface area contributed by atoms with Crippen molar-refractivity contribution in [2.24, 2.45) is 23.8 Å². The summed E-state index contributed by atoms with van der Waals surface area (Å²) in [5, 5.41) is 3.46. The number of hydrogen-bond acceptors (Lipinski definition) is 5. The number of hydrogen-bond donors (Lipinski definition) is 0. The minimum Gasteiger partial charge on any atom is -0.299 e. The van der Waals surface area contributed by atoms with Gasteiger partial charge in [-0.25, -0.2) is 22.2 Å². The van der Waals surface area contributed by atoms with Gasteiger partial charge in [-0.05, 0) is 37.0 Å². The normalized spacial score (nSPS) is 29.7. The van der Waals surface area contributed by atoms with Crippen LogP contribution >= 0.6 is 0 Å². The quantitative estimate of drug-likeness (QED) is 0.679. The Labute approximate surface area is 178 Å². The van der Waals surface area contributed by atoms with E-state index in [0.717, 1.165) is 18.2 Å². The Morgan fingerprint density at radius 2 is 1.74 bits per heavy atom. The van der Waals surface area contributed by atoms with Gasteiger partial charge in [0, 0.05) is 32.0 Å². The Morgan fingerprint density at radius 3 is 2.19 bits per heavy atom. The molecule has 2 heterocycles. The Morgan fingerprint density at radius 1 is 1.13 bits per heavy atom. The second-order valence-corrected chi connectivity index (χ2v) is 11.6. The maximum atomic E-state index is 13.2. The lowest BCUT2D eigenvalue weighted by molar-refractivity contribution is -0.147. The van der Waals surface area contributed by atoms with Crippen LogP contribution in [0.1, 0.15) is 57.8 Å². The molecule has 1 saturated heterocycles. The molecule has 3 aliphatic rings. The molecule has 2 bridgehead atoms. The Hall–Kier alpha value is -1.69. The van der Waals surface area contributed by atoms with Crippen LogP contribution in [-0.4, -0.2) is 51.7 Å². The lowest BCUT2D eigenvalue weighted by Crippen LogP contribution is -2.48. The number of halogens is 3. The first-order valence-electron chi connectivity index (χ1n) is 10.4. The SMILES string of the molecule is Cn1c(C(F)(F)F)nn(C2CCN(S(=O)(=O)CC34CCC(CC3=O)C4(C)C)CC2)c1=O. The predicted octanol–water partition coefficient (Wildman–Crippen LogP) is 1.96.